The summed E-state index contributed by atoms with van der Waals surface area (Å²) in [5.74, 6) is 0.933. The lowest BCUT2D eigenvalue weighted by Gasteiger charge is -2.12. The maximum atomic E-state index is 5.53. The molecule has 120 valence electrons. The molecule has 1 heterocycles. The van der Waals surface area contributed by atoms with Gasteiger partial charge in [-0.2, -0.15) is 0 Å². The van der Waals surface area contributed by atoms with Crippen LogP contribution in [0, 0.1) is 0 Å². The molecular formula is C22H21NO. The molecule has 0 amide bonds. The summed E-state index contributed by atoms with van der Waals surface area (Å²) in [7, 11) is 0. The van der Waals surface area contributed by atoms with Crippen LogP contribution in [0.5, 0.6) is 5.75 Å². The summed E-state index contributed by atoms with van der Waals surface area (Å²) >= 11 is 0. The molecule has 0 radical (unpaired) electrons. The van der Waals surface area contributed by atoms with Gasteiger partial charge in [0.2, 0.25) is 0 Å². The van der Waals surface area contributed by atoms with E-state index in [1.54, 1.807) is 0 Å². The van der Waals surface area contributed by atoms with Crippen molar-refractivity contribution in [1.82, 2.24) is 0 Å². The van der Waals surface area contributed by atoms with Crippen LogP contribution in [0.4, 0.5) is 5.69 Å². The molecule has 2 nitrogen and oxygen atoms in total. The highest BCUT2D eigenvalue weighted by molar-refractivity contribution is 5.70. The van der Waals surface area contributed by atoms with E-state index >= 15 is 0 Å². The molecule has 0 bridgehead atoms. The number of anilines is 1. The van der Waals surface area contributed by atoms with Gasteiger partial charge in [0.05, 0.1) is 12.6 Å². The number of ether oxygens (including phenoxy) is 1. The van der Waals surface area contributed by atoms with Crippen molar-refractivity contribution in [3.8, 4) is 16.9 Å². The van der Waals surface area contributed by atoms with Gasteiger partial charge in [-0.1, -0.05) is 48.5 Å². The summed E-state index contributed by atoms with van der Waals surface area (Å²) in [6.07, 6.45) is 1.02. The van der Waals surface area contributed by atoms with Gasteiger partial charge in [0, 0.05) is 5.69 Å². The minimum Gasteiger partial charge on any atom is -0.494 e. The Bertz CT molecular complexity index is 824. The van der Waals surface area contributed by atoms with Crippen LogP contribution in [0.15, 0.2) is 72.8 Å². The fourth-order valence-electron chi connectivity index (χ4n) is 3.34. The minimum atomic E-state index is 0.335. The molecule has 1 aliphatic heterocycles. The SMILES string of the molecule is CCOc1ccc(C2Cc3cc(-c4ccccc4)ccc3N2)cc1. The molecule has 1 aliphatic rings. The van der Waals surface area contributed by atoms with Gasteiger partial charge in [-0.3, -0.25) is 0 Å². The van der Waals surface area contributed by atoms with Gasteiger partial charge in [0.1, 0.15) is 5.75 Å². The fourth-order valence-corrected chi connectivity index (χ4v) is 3.34. The summed E-state index contributed by atoms with van der Waals surface area (Å²) in [6.45, 7) is 2.71. The number of hydrogen-bond donors (Lipinski definition) is 1. The van der Waals surface area contributed by atoms with E-state index < -0.39 is 0 Å². The van der Waals surface area contributed by atoms with Gasteiger partial charge < -0.3 is 10.1 Å². The van der Waals surface area contributed by atoms with E-state index in [1.807, 2.05) is 6.92 Å². The Labute approximate surface area is 143 Å². The molecule has 0 spiro atoms. The Morgan fingerprint density at radius 1 is 0.917 bits per heavy atom. The quantitative estimate of drug-likeness (QED) is 0.690. The van der Waals surface area contributed by atoms with E-state index in [2.05, 4.69) is 78.1 Å². The Morgan fingerprint density at radius 3 is 2.46 bits per heavy atom. The molecule has 0 aliphatic carbocycles. The second-order valence-electron chi connectivity index (χ2n) is 6.14. The van der Waals surface area contributed by atoms with Crippen LogP contribution in [0.25, 0.3) is 11.1 Å². The molecule has 1 unspecified atom stereocenters. The third-order valence-electron chi connectivity index (χ3n) is 4.56. The lowest BCUT2D eigenvalue weighted by molar-refractivity contribution is 0.340. The van der Waals surface area contributed by atoms with Crippen molar-refractivity contribution in [1.29, 1.82) is 0 Å². The van der Waals surface area contributed by atoms with Crippen LogP contribution in [0.1, 0.15) is 24.1 Å². The smallest absolute Gasteiger partial charge is 0.119 e. The molecule has 4 rings (SSSR count). The fraction of sp³-hybridized carbons (Fsp3) is 0.182. The molecule has 3 aromatic rings. The molecule has 24 heavy (non-hydrogen) atoms. The number of rotatable bonds is 4. The highest BCUT2D eigenvalue weighted by Gasteiger charge is 2.22. The van der Waals surface area contributed by atoms with Crippen LogP contribution in [-0.4, -0.2) is 6.61 Å². The second-order valence-corrected chi connectivity index (χ2v) is 6.14. The van der Waals surface area contributed by atoms with Crippen LogP contribution in [-0.2, 0) is 6.42 Å². The van der Waals surface area contributed by atoms with E-state index in [9.17, 15) is 0 Å². The predicted molar refractivity (Wildman–Crippen MR) is 99.6 cm³/mol. The van der Waals surface area contributed by atoms with E-state index in [1.165, 1.54) is 27.9 Å². The first kappa shape index (κ1) is 14.8. The number of hydrogen-bond acceptors (Lipinski definition) is 2. The molecule has 0 saturated carbocycles. The van der Waals surface area contributed by atoms with Gasteiger partial charge in [-0.05, 0) is 59.9 Å². The largest absolute Gasteiger partial charge is 0.494 e. The van der Waals surface area contributed by atoms with Gasteiger partial charge in [0.15, 0.2) is 0 Å². The number of nitrogens with one attached hydrogen (secondary N) is 1. The van der Waals surface area contributed by atoms with Crippen LogP contribution in [0.3, 0.4) is 0 Å². The number of benzene rings is 3. The second kappa shape index (κ2) is 6.40. The molecule has 0 aromatic heterocycles. The van der Waals surface area contributed by atoms with Crippen molar-refractivity contribution in [3.63, 3.8) is 0 Å². The first-order chi connectivity index (χ1) is 11.8. The lowest BCUT2D eigenvalue weighted by Crippen LogP contribution is -2.05. The first-order valence-electron chi connectivity index (χ1n) is 8.51. The zero-order valence-corrected chi connectivity index (χ0v) is 13.8. The van der Waals surface area contributed by atoms with Crippen molar-refractivity contribution < 1.29 is 4.74 Å². The standard InChI is InChI=1S/C22H21NO/c1-2-24-20-11-8-17(9-12-20)22-15-19-14-18(10-13-21(19)23-22)16-6-4-3-5-7-16/h3-14,22-23H,2,15H2,1H3. The molecule has 1 N–H and O–H groups in total. The van der Waals surface area contributed by atoms with Gasteiger partial charge >= 0.3 is 0 Å². The Balaban J connectivity index is 1.55. The predicted octanol–water partition coefficient (Wildman–Crippen LogP) is 5.46. The molecule has 0 saturated heterocycles. The van der Waals surface area contributed by atoms with Crippen LogP contribution < -0.4 is 10.1 Å². The summed E-state index contributed by atoms with van der Waals surface area (Å²) in [5.41, 5.74) is 6.48. The third-order valence-corrected chi connectivity index (χ3v) is 4.56. The molecule has 2 heteroatoms. The average molecular weight is 315 g/mol. The van der Waals surface area contributed by atoms with E-state index in [0.29, 0.717) is 12.6 Å². The zero-order chi connectivity index (χ0) is 16.4. The maximum Gasteiger partial charge on any atom is 0.119 e. The van der Waals surface area contributed by atoms with E-state index in [4.69, 9.17) is 4.74 Å². The molecular weight excluding hydrogens is 294 g/mol. The Kier molecular flexibility index (Phi) is 3.96. The third kappa shape index (κ3) is 2.88. The molecule has 3 aromatic carbocycles. The van der Waals surface area contributed by atoms with E-state index in [0.717, 1.165) is 12.2 Å². The monoisotopic (exact) mass is 315 g/mol. The highest BCUT2D eigenvalue weighted by Crippen LogP contribution is 2.37. The maximum absolute atomic E-state index is 5.53. The normalized spacial score (nSPS) is 15.6. The van der Waals surface area contributed by atoms with Crippen molar-refractivity contribution in [2.75, 3.05) is 11.9 Å². The van der Waals surface area contributed by atoms with Crippen molar-refractivity contribution in [3.05, 3.63) is 83.9 Å². The summed E-state index contributed by atoms with van der Waals surface area (Å²) in [4.78, 5) is 0. The lowest BCUT2D eigenvalue weighted by atomic mass is 9.99. The van der Waals surface area contributed by atoms with E-state index in [-0.39, 0.29) is 0 Å². The molecule has 0 fully saturated rings. The zero-order valence-electron chi connectivity index (χ0n) is 13.8. The average Bonchev–Trinajstić information content (AvgIpc) is 3.06. The van der Waals surface area contributed by atoms with Crippen LogP contribution >= 0.6 is 0 Å². The van der Waals surface area contributed by atoms with Crippen molar-refractivity contribution in [2.45, 2.75) is 19.4 Å². The summed E-state index contributed by atoms with van der Waals surface area (Å²) < 4.78 is 5.53. The summed E-state index contributed by atoms with van der Waals surface area (Å²) in [6, 6.07) is 26.0. The highest BCUT2D eigenvalue weighted by atomic mass is 16.5. The van der Waals surface area contributed by atoms with Gasteiger partial charge in [-0.15, -0.1) is 0 Å². The first-order valence-corrected chi connectivity index (χ1v) is 8.51. The van der Waals surface area contributed by atoms with Crippen molar-refractivity contribution in [2.24, 2.45) is 0 Å². The summed E-state index contributed by atoms with van der Waals surface area (Å²) in [5, 5.41) is 3.64. The minimum absolute atomic E-state index is 0.335. The Hall–Kier alpha value is -2.74. The van der Waals surface area contributed by atoms with Crippen molar-refractivity contribution >= 4 is 5.69 Å². The molecule has 1 atom stereocenters. The van der Waals surface area contributed by atoms with Gasteiger partial charge in [0.25, 0.3) is 0 Å². The van der Waals surface area contributed by atoms with Crippen LogP contribution in [0.2, 0.25) is 0 Å². The Morgan fingerprint density at radius 2 is 1.71 bits per heavy atom. The number of fused-ring (bicyclic) bond motifs is 1. The van der Waals surface area contributed by atoms with Gasteiger partial charge in [-0.25, -0.2) is 0 Å². The topological polar surface area (TPSA) is 21.3 Å².